The van der Waals surface area contributed by atoms with E-state index in [2.05, 4.69) is 5.16 Å². The van der Waals surface area contributed by atoms with E-state index in [1.807, 2.05) is 42.7 Å². The highest BCUT2D eigenvalue weighted by atomic mass is 16.6. The van der Waals surface area contributed by atoms with Gasteiger partial charge in [0.05, 0.1) is 7.11 Å². The van der Waals surface area contributed by atoms with Crippen molar-refractivity contribution in [3.63, 3.8) is 0 Å². The third-order valence-corrected chi connectivity index (χ3v) is 4.37. The fourth-order valence-electron chi connectivity index (χ4n) is 2.98. The molecule has 2 aromatic heterocycles. The van der Waals surface area contributed by atoms with Crippen molar-refractivity contribution in [2.75, 3.05) is 20.3 Å². The Kier molecular flexibility index (Phi) is 6.01. The van der Waals surface area contributed by atoms with Crippen LogP contribution in [0.3, 0.4) is 0 Å². The molecule has 8 nitrogen and oxygen atoms in total. The van der Waals surface area contributed by atoms with Crippen LogP contribution in [0.15, 0.2) is 40.9 Å². The van der Waals surface area contributed by atoms with Crippen LogP contribution in [0.25, 0.3) is 5.69 Å². The molecule has 29 heavy (non-hydrogen) atoms. The van der Waals surface area contributed by atoms with Gasteiger partial charge < -0.3 is 23.3 Å². The lowest BCUT2D eigenvalue weighted by Crippen LogP contribution is -2.20. The van der Waals surface area contributed by atoms with Gasteiger partial charge in [-0.3, -0.25) is 4.79 Å². The number of esters is 1. The summed E-state index contributed by atoms with van der Waals surface area (Å²) in [6.07, 6.45) is 0. The zero-order valence-corrected chi connectivity index (χ0v) is 16.7. The number of benzene rings is 1. The molecule has 0 atom stereocenters. The molecule has 0 radical (unpaired) electrons. The number of rotatable bonds is 8. The summed E-state index contributed by atoms with van der Waals surface area (Å²) < 4.78 is 22.2. The van der Waals surface area contributed by atoms with Crippen molar-refractivity contribution in [3.8, 4) is 17.3 Å². The highest BCUT2D eigenvalue weighted by Crippen LogP contribution is 2.23. The van der Waals surface area contributed by atoms with Crippen LogP contribution in [0.1, 0.15) is 27.5 Å². The first kappa shape index (κ1) is 20.2. The van der Waals surface area contributed by atoms with Gasteiger partial charge in [-0.2, -0.15) is 0 Å². The summed E-state index contributed by atoms with van der Waals surface area (Å²) in [5.41, 5.74) is 3.07. The fourth-order valence-corrected chi connectivity index (χ4v) is 2.98. The maximum Gasteiger partial charge on any atom is 0.344 e. The average molecular weight is 398 g/mol. The molecule has 0 fully saturated rings. The van der Waals surface area contributed by atoms with Gasteiger partial charge in [0.15, 0.2) is 13.2 Å². The lowest BCUT2D eigenvalue weighted by Gasteiger charge is -2.11. The van der Waals surface area contributed by atoms with Crippen molar-refractivity contribution in [3.05, 3.63) is 59.1 Å². The Hall–Kier alpha value is -3.55. The van der Waals surface area contributed by atoms with Gasteiger partial charge in [0.2, 0.25) is 5.78 Å². The van der Waals surface area contributed by atoms with Crippen LogP contribution in [0.5, 0.6) is 11.6 Å². The first-order valence-electron chi connectivity index (χ1n) is 8.97. The first-order chi connectivity index (χ1) is 13.9. The van der Waals surface area contributed by atoms with Crippen LogP contribution in [0.4, 0.5) is 0 Å². The second kappa shape index (κ2) is 8.64. The number of hydrogen-bond donors (Lipinski definition) is 0. The third kappa shape index (κ3) is 4.66. The van der Waals surface area contributed by atoms with Gasteiger partial charge in [-0.05, 0) is 56.3 Å². The molecule has 152 valence electrons. The van der Waals surface area contributed by atoms with Gasteiger partial charge in [-0.25, -0.2) is 4.79 Å². The molecule has 0 unspecified atom stereocenters. The lowest BCUT2D eigenvalue weighted by molar-refractivity contribution is -0.144. The molecule has 0 bridgehead atoms. The van der Waals surface area contributed by atoms with E-state index in [0.29, 0.717) is 11.3 Å². The molecule has 0 aliphatic carbocycles. The fraction of sp³-hybridized carbons (Fsp3) is 0.286. The maximum atomic E-state index is 12.6. The summed E-state index contributed by atoms with van der Waals surface area (Å²) in [5.74, 6) is 0.554. The average Bonchev–Trinajstić information content (AvgIpc) is 3.27. The van der Waals surface area contributed by atoms with Gasteiger partial charge >= 0.3 is 5.97 Å². The number of ketones is 1. The Morgan fingerprint density at radius 2 is 1.79 bits per heavy atom. The molecular formula is C21H22N2O6. The number of carbonyl (C=O) groups excluding carboxylic acids is 2. The van der Waals surface area contributed by atoms with Gasteiger partial charge in [-0.1, -0.05) is 0 Å². The molecule has 2 heterocycles. The van der Waals surface area contributed by atoms with E-state index in [0.717, 1.165) is 22.8 Å². The summed E-state index contributed by atoms with van der Waals surface area (Å²) in [5, 5.41) is 3.61. The summed E-state index contributed by atoms with van der Waals surface area (Å²) in [7, 11) is 1.61. The SMILES string of the molecule is COc1ccc(-n2c(C)cc(C(=O)COC(=O)COc3cc(C)on3)c2C)cc1. The van der Waals surface area contributed by atoms with E-state index in [4.69, 9.17) is 18.7 Å². The number of aryl methyl sites for hydroxylation is 2. The second-order valence-electron chi connectivity index (χ2n) is 6.47. The first-order valence-corrected chi connectivity index (χ1v) is 8.97. The Morgan fingerprint density at radius 3 is 2.41 bits per heavy atom. The van der Waals surface area contributed by atoms with Crippen LogP contribution < -0.4 is 9.47 Å². The van der Waals surface area contributed by atoms with Crippen LogP contribution in [0, 0.1) is 20.8 Å². The molecule has 0 aliphatic rings. The summed E-state index contributed by atoms with van der Waals surface area (Å²) in [4.78, 5) is 24.4. The smallest absolute Gasteiger partial charge is 0.344 e. The molecule has 0 amide bonds. The van der Waals surface area contributed by atoms with Crippen molar-refractivity contribution in [2.45, 2.75) is 20.8 Å². The predicted molar refractivity (Wildman–Crippen MR) is 104 cm³/mol. The maximum absolute atomic E-state index is 12.6. The topological polar surface area (TPSA) is 92.8 Å². The molecule has 0 aliphatic heterocycles. The predicted octanol–water partition coefficient (Wildman–Crippen LogP) is 3.20. The zero-order chi connectivity index (χ0) is 21.0. The largest absolute Gasteiger partial charge is 0.497 e. The molecule has 1 aromatic carbocycles. The van der Waals surface area contributed by atoms with Crippen molar-refractivity contribution in [1.29, 1.82) is 0 Å². The van der Waals surface area contributed by atoms with Crippen molar-refractivity contribution in [2.24, 2.45) is 0 Å². The van der Waals surface area contributed by atoms with Gasteiger partial charge in [0, 0.05) is 28.7 Å². The standard InChI is InChI=1S/C21H22N2O6/c1-13-9-18(15(3)23(13)16-5-7-17(26-4)8-6-16)19(24)11-28-21(25)12-27-20-10-14(2)29-22-20/h5-10H,11-12H2,1-4H3. The van der Waals surface area contributed by atoms with Gasteiger partial charge in [0.25, 0.3) is 5.88 Å². The van der Waals surface area contributed by atoms with Crippen molar-refractivity contribution >= 4 is 11.8 Å². The lowest BCUT2D eigenvalue weighted by atomic mass is 10.1. The number of aromatic nitrogens is 2. The van der Waals surface area contributed by atoms with E-state index in [-0.39, 0.29) is 24.9 Å². The van der Waals surface area contributed by atoms with Crippen LogP contribution >= 0.6 is 0 Å². The van der Waals surface area contributed by atoms with E-state index < -0.39 is 5.97 Å². The minimum absolute atomic E-state index is 0.189. The zero-order valence-electron chi connectivity index (χ0n) is 16.7. The molecule has 3 aromatic rings. The highest BCUT2D eigenvalue weighted by Gasteiger charge is 2.18. The number of ether oxygens (including phenoxy) is 3. The number of nitrogens with zero attached hydrogens (tertiary/aromatic N) is 2. The van der Waals surface area contributed by atoms with Gasteiger partial charge in [0.1, 0.15) is 11.5 Å². The number of Topliss-reactive ketones (excluding diaryl/α,β-unsaturated/α-hetero) is 1. The minimum atomic E-state index is -0.664. The Morgan fingerprint density at radius 1 is 1.07 bits per heavy atom. The number of hydrogen-bond acceptors (Lipinski definition) is 7. The second-order valence-corrected chi connectivity index (χ2v) is 6.47. The normalized spacial score (nSPS) is 10.6. The van der Waals surface area contributed by atoms with Crippen LogP contribution in [-0.4, -0.2) is 41.8 Å². The van der Waals surface area contributed by atoms with E-state index in [1.165, 1.54) is 0 Å². The van der Waals surface area contributed by atoms with E-state index >= 15 is 0 Å². The molecule has 0 spiro atoms. The molecule has 0 N–H and O–H groups in total. The minimum Gasteiger partial charge on any atom is -0.497 e. The van der Waals surface area contributed by atoms with Crippen molar-refractivity contribution < 1.29 is 28.3 Å². The molecule has 8 heteroatoms. The molecular weight excluding hydrogens is 376 g/mol. The summed E-state index contributed by atoms with van der Waals surface area (Å²) in [6, 6.07) is 10.9. The monoisotopic (exact) mass is 398 g/mol. The summed E-state index contributed by atoms with van der Waals surface area (Å²) in [6.45, 7) is 4.74. The Bertz CT molecular complexity index is 1020. The Balaban J connectivity index is 1.62. The molecule has 3 rings (SSSR count). The number of methoxy groups -OCH3 is 1. The van der Waals surface area contributed by atoms with Crippen molar-refractivity contribution in [1.82, 2.24) is 9.72 Å². The highest BCUT2D eigenvalue weighted by molar-refractivity contribution is 5.99. The summed E-state index contributed by atoms with van der Waals surface area (Å²) >= 11 is 0. The van der Waals surface area contributed by atoms with E-state index in [1.54, 1.807) is 26.2 Å². The van der Waals surface area contributed by atoms with Gasteiger partial charge in [-0.15, -0.1) is 0 Å². The molecule has 0 saturated heterocycles. The van der Waals surface area contributed by atoms with E-state index in [9.17, 15) is 9.59 Å². The third-order valence-electron chi connectivity index (χ3n) is 4.37. The van der Waals surface area contributed by atoms with Crippen LogP contribution in [-0.2, 0) is 9.53 Å². The van der Waals surface area contributed by atoms with Crippen LogP contribution in [0.2, 0.25) is 0 Å². The number of carbonyl (C=O) groups is 2. The molecule has 0 saturated carbocycles. The quantitative estimate of drug-likeness (QED) is 0.425. The Labute approximate surface area is 168 Å².